The molecule has 1 aliphatic rings. The molecule has 0 bridgehead atoms. The number of nitrogens with one attached hydrogen (secondary N) is 1. The third kappa shape index (κ3) is 4.56. The van der Waals surface area contributed by atoms with E-state index in [1.165, 1.54) is 0 Å². The van der Waals surface area contributed by atoms with Crippen molar-refractivity contribution in [3.63, 3.8) is 0 Å². The van der Waals surface area contributed by atoms with Crippen molar-refractivity contribution in [3.8, 4) is 5.69 Å². The molecule has 0 unspecified atom stereocenters. The molecule has 1 aromatic carbocycles. The number of hydrogen-bond donors (Lipinski definition) is 2. The van der Waals surface area contributed by atoms with Gasteiger partial charge in [-0.2, -0.15) is 5.10 Å². The van der Waals surface area contributed by atoms with Gasteiger partial charge >= 0.3 is 5.97 Å². The normalized spacial score (nSPS) is 22.3. The fourth-order valence-electron chi connectivity index (χ4n) is 3.77. The van der Waals surface area contributed by atoms with E-state index in [0.29, 0.717) is 25.2 Å². The van der Waals surface area contributed by atoms with E-state index in [0.717, 1.165) is 30.5 Å². The van der Waals surface area contributed by atoms with Crippen LogP contribution in [-0.2, 0) is 16.0 Å². The van der Waals surface area contributed by atoms with Gasteiger partial charge in [0.05, 0.1) is 11.9 Å². The molecule has 1 aromatic heterocycles. The van der Waals surface area contributed by atoms with Gasteiger partial charge in [-0.3, -0.25) is 4.79 Å². The van der Waals surface area contributed by atoms with Crippen LogP contribution in [0.25, 0.3) is 5.69 Å². The van der Waals surface area contributed by atoms with Crippen molar-refractivity contribution in [1.29, 1.82) is 0 Å². The molecule has 0 spiro atoms. The number of para-hydroxylation sites is 1. The summed E-state index contributed by atoms with van der Waals surface area (Å²) in [4.78, 5) is 24.2. The second kappa shape index (κ2) is 8.37. The van der Waals surface area contributed by atoms with E-state index in [2.05, 4.69) is 17.3 Å². The molecule has 0 radical (unpaired) electrons. The predicted octanol–water partition coefficient (Wildman–Crippen LogP) is 3.34. The number of carboxylic acids is 1. The summed E-state index contributed by atoms with van der Waals surface area (Å²) in [5, 5.41) is 16.8. The van der Waals surface area contributed by atoms with Crippen molar-refractivity contribution in [1.82, 2.24) is 15.1 Å². The first kappa shape index (κ1) is 19.1. The van der Waals surface area contributed by atoms with E-state index in [-0.39, 0.29) is 12.3 Å². The Bertz CT molecular complexity index is 777. The summed E-state index contributed by atoms with van der Waals surface area (Å²) in [5.41, 5.74) is 0.815. The van der Waals surface area contributed by atoms with Crippen LogP contribution in [0.15, 0.2) is 42.7 Å². The Morgan fingerprint density at radius 3 is 2.59 bits per heavy atom. The van der Waals surface area contributed by atoms with Crippen LogP contribution in [0.5, 0.6) is 0 Å². The maximum absolute atomic E-state index is 12.4. The molecule has 0 saturated heterocycles. The van der Waals surface area contributed by atoms with E-state index in [1.54, 1.807) is 10.9 Å². The second-order valence-electron chi connectivity index (χ2n) is 7.42. The standard InChI is InChI=1S/C21H27N3O3/c1-2-16-10-12-21(13-11-16,20(26)27)23-19(25)9-8-17-14-22-24(15-17)18-6-4-3-5-7-18/h3-7,14-16H,2,8-13H2,1H3,(H,23,25)(H,26,27). The molecule has 3 rings (SSSR count). The van der Waals surface area contributed by atoms with Crippen LogP contribution in [0, 0.1) is 5.92 Å². The van der Waals surface area contributed by atoms with E-state index in [9.17, 15) is 14.7 Å². The molecule has 1 amide bonds. The number of aryl methyl sites for hydroxylation is 1. The van der Waals surface area contributed by atoms with Gasteiger partial charge in [0, 0.05) is 12.6 Å². The Kier molecular flexibility index (Phi) is 5.94. The molecule has 1 fully saturated rings. The van der Waals surface area contributed by atoms with Crippen LogP contribution < -0.4 is 5.32 Å². The minimum atomic E-state index is -1.10. The summed E-state index contributed by atoms with van der Waals surface area (Å²) in [6.07, 6.45) is 8.24. The van der Waals surface area contributed by atoms with E-state index in [4.69, 9.17) is 0 Å². The summed E-state index contributed by atoms with van der Waals surface area (Å²) in [6, 6.07) is 9.77. The number of hydrogen-bond acceptors (Lipinski definition) is 3. The number of rotatable bonds is 7. The number of aromatic nitrogens is 2. The number of carboxylic acid groups (broad SMARTS) is 1. The van der Waals surface area contributed by atoms with Crippen LogP contribution >= 0.6 is 0 Å². The van der Waals surface area contributed by atoms with Crippen molar-refractivity contribution in [2.75, 3.05) is 0 Å². The largest absolute Gasteiger partial charge is 0.480 e. The maximum Gasteiger partial charge on any atom is 0.329 e. The number of aliphatic carboxylic acids is 1. The lowest BCUT2D eigenvalue weighted by molar-refractivity contribution is -0.149. The van der Waals surface area contributed by atoms with Gasteiger partial charge in [-0.05, 0) is 55.7 Å². The van der Waals surface area contributed by atoms with Crippen molar-refractivity contribution in [2.24, 2.45) is 5.92 Å². The van der Waals surface area contributed by atoms with Crippen molar-refractivity contribution >= 4 is 11.9 Å². The smallest absolute Gasteiger partial charge is 0.329 e. The molecule has 0 aliphatic heterocycles. The molecule has 6 heteroatoms. The van der Waals surface area contributed by atoms with E-state index >= 15 is 0 Å². The lowest BCUT2D eigenvalue weighted by Gasteiger charge is -2.37. The van der Waals surface area contributed by atoms with Gasteiger partial charge in [0.2, 0.25) is 5.91 Å². The maximum atomic E-state index is 12.4. The minimum absolute atomic E-state index is 0.209. The molecule has 27 heavy (non-hydrogen) atoms. The Balaban J connectivity index is 1.56. The number of carbonyl (C=O) groups is 2. The zero-order chi connectivity index (χ0) is 19.3. The van der Waals surface area contributed by atoms with Gasteiger partial charge in [-0.25, -0.2) is 9.48 Å². The highest BCUT2D eigenvalue weighted by Gasteiger charge is 2.42. The molecular weight excluding hydrogens is 342 g/mol. The Hall–Kier alpha value is -2.63. The molecule has 144 valence electrons. The monoisotopic (exact) mass is 369 g/mol. The van der Waals surface area contributed by atoms with Crippen molar-refractivity contribution < 1.29 is 14.7 Å². The van der Waals surface area contributed by atoms with Crippen LogP contribution in [0.4, 0.5) is 0 Å². The van der Waals surface area contributed by atoms with Gasteiger partial charge in [-0.15, -0.1) is 0 Å². The first-order chi connectivity index (χ1) is 13.0. The topological polar surface area (TPSA) is 84.2 Å². The molecular formula is C21H27N3O3. The number of benzene rings is 1. The van der Waals surface area contributed by atoms with Crippen LogP contribution in [-0.4, -0.2) is 32.3 Å². The zero-order valence-corrected chi connectivity index (χ0v) is 15.7. The van der Waals surface area contributed by atoms with Crippen LogP contribution in [0.3, 0.4) is 0 Å². The van der Waals surface area contributed by atoms with Gasteiger partial charge in [0.25, 0.3) is 0 Å². The van der Waals surface area contributed by atoms with Crippen molar-refractivity contribution in [2.45, 2.75) is 57.4 Å². The molecule has 0 atom stereocenters. The summed E-state index contributed by atoms with van der Waals surface area (Å²) in [7, 11) is 0. The minimum Gasteiger partial charge on any atom is -0.480 e. The fraction of sp³-hybridized carbons (Fsp3) is 0.476. The lowest BCUT2D eigenvalue weighted by Crippen LogP contribution is -2.56. The molecule has 2 aromatic rings. The SMILES string of the molecule is CCC1CCC(NC(=O)CCc2cnn(-c3ccccc3)c2)(C(=O)O)CC1. The Morgan fingerprint density at radius 1 is 1.26 bits per heavy atom. The van der Waals surface area contributed by atoms with E-state index in [1.807, 2.05) is 36.5 Å². The molecule has 1 saturated carbocycles. The lowest BCUT2D eigenvalue weighted by atomic mass is 9.75. The summed E-state index contributed by atoms with van der Waals surface area (Å²) in [5.74, 6) is -0.555. The molecule has 1 heterocycles. The highest BCUT2D eigenvalue weighted by atomic mass is 16.4. The van der Waals surface area contributed by atoms with Crippen LogP contribution in [0.1, 0.15) is 51.0 Å². The fourth-order valence-corrected chi connectivity index (χ4v) is 3.77. The van der Waals surface area contributed by atoms with Gasteiger partial charge in [0.1, 0.15) is 5.54 Å². The zero-order valence-electron chi connectivity index (χ0n) is 15.7. The van der Waals surface area contributed by atoms with Gasteiger partial charge in [-0.1, -0.05) is 31.5 Å². The molecule has 6 nitrogen and oxygen atoms in total. The van der Waals surface area contributed by atoms with Crippen molar-refractivity contribution in [3.05, 3.63) is 48.3 Å². The van der Waals surface area contributed by atoms with Gasteiger partial charge < -0.3 is 10.4 Å². The van der Waals surface area contributed by atoms with Gasteiger partial charge in [0.15, 0.2) is 0 Å². The average molecular weight is 369 g/mol. The Labute approximate surface area is 159 Å². The quantitative estimate of drug-likeness (QED) is 0.784. The summed E-state index contributed by atoms with van der Waals surface area (Å²) in [6.45, 7) is 2.13. The third-order valence-electron chi connectivity index (χ3n) is 5.62. The Morgan fingerprint density at radius 2 is 1.96 bits per heavy atom. The number of nitrogens with zero attached hydrogens (tertiary/aromatic N) is 2. The predicted molar refractivity (Wildman–Crippen MR) is 103 cm³/mol. The highest BCUT2D eigenvalue weighted by Crippen LogP contribution is 2.34. The molecule has 2 N–H and O–H groups in total. The summed E-state index contributed by atoms with van der Waals surface area (Å²) >= 11 is 0. The van der Waals surface area contributed by atoms with Crippen LogP contribution in [0.2, 0.25) is 0 Å². The first-order valence-electron chi connectivity index (χ1n) is 9.66. The average Bonchev–Trinajstić information content (AvgIpc) is 3.17. The molecule has 1 aliphatic carbocycles. The highest BCUT2D eigenvalue weighted by molar-refractivity contribution is 5.87. The number of amides is 1. The third-order valence-corrected chi connectivity index (χ3v) is 5.62. The first-order valence-corrected chi connectivity index (χ1v) is 9.66. The summed E-state index contributed by atoms with van der Waals surface area (Å²) < 4.78 is 1.78. The number of carbonyl (C=O) groups excluding carboxylic acids is 1. The van der Waals surface area contributed by atoms with E-state index < -0.39 is 11.5 Å². The second-order valence-corrected chi connectivity index (χ2v) is 7.42.